The van der Waals surface area contributed by atoms with Crippen molar-refractivity contribution in [3.63, 3.8) is 0 Å². The van der Waals surface area contributed by atoms with E-state index in [0.29, 0.717) is 0 Å². The third-order valence-corrected chi connectivity index (χ3v) is 6.28. The summed E-state index contributed by atoms with van der Waals surface area (Å²) in [6.45, 7) is 0. The standard InChI is InChI=1S/C32H22/c1-3-11-23(12-4-1)29-21-19-25-15-7-9-17-27(25)31(29)32-28-18-10-8-16-26(28)20-22-30(32)24-13-5-2-6-14-24/h1-22H. The summed E-state index contributed by atoms with van der Waals surface area (Å²) in [4.78, 5) is 0. The Bertz CT molecular complexity index is 1420. The molecule has 0 aliphatic rings. The van der Waals surface area contributed by atoms with Crippen molar-refractivity contribution in [1.82, 2.24) is 0 Å². The van der Waals surface area contributed by atoms with Gasteiger partial charge in [0.05, 0.1) is 0 Å². The molecular formula is C32H22. The highest BCUT2D eigenvalue weighted by Gasteiger charge is 2.18. The Kier molecular flexibility index (Phi) is 4.55. The molecule has 6 aromatic carbocycles. The highest BCUT2D eigenvalue weighted by Crippen LogP contribution is 2.45. The Morgan fingerprint density at radius 3 is 1.09 bits per heavy atom. The molecule has 0 saturated heterocycles. The third-order valence-electron chi connectivity index (χ3n) is 6.28. The molecule has 0 fully saturated rings. The highest BCUT2D eigenvalue weighted by atomic mass is 14.2. The molecular weight excluding hydrogens is 384 g/mol. The van der Waals surface area contributed by atoms with Crippen molar-refractivity contribution in [1.29, 1.82) is 0 Å². The number of hydrogen-bond acceptors (Lipinski definition) is 0. The van der Waals surface area contributed by atoms with Crippen molar-refractivity contribution in [2.24, 2.45) is 0 Å². The Hall–Kier alpha value is -4.16. The molecule has 150 valence electrons. The summed E-state index contributed by atoms with van der Waals surface area (Å²) in [7, 11) is 0. The summed E-state index contributed by atoms with van der Waals surface area (Å²) in [5, 5.41) is 5.08. The summed E-state index contributed by atoms with van der Waals surface area (Å²) >= 11 is 0. The van der Waals surface area contributed by atoms with Crippen LogP contribution in [0.5, 0.6) is 0 Å². The van der Waals surface area contributed by atoms with Gasteiger partial charge in [0.1, 0.15) is 0 Å². The highest BCUT2D eigenvalue weighted by molar-refractivity contribution is 6.14. The van der Waals surface area contributed by atoms with Crippen molar-refractivity contribution in [3.8, 4) is 33.4 Å². The van der Waals surface area contributed by atoms with Crippen LogP contribution < -0.4 is 0 Å². The zero-order valence-electron chi connectivity index (χ0n) is 17.7. The Morgan fingerprint density at radius 1 is 0.281 bits per heavy atom. The van der Waals surface area contributed by atoms with Gasteiger partial charge < -0.3 is 0 Å². The van der Waals surface area contributed by atoms with E-state index in [2.05, 4.69) is 133 Å². The van der Waals surface area contributed by atoms with Gasteiger partial charge in [-0.2, -0.15) is 0 Å². The largest absolute Gasteiger partial charge is 0.0622 e. The Morgan fingerprint density at radius 2 is 0.656 bits per heavy atom. The first-order chi connectivity index (χ1) is 15.9. The van der Waals surface area contributed by atoms with Gasteiger partial charge >= 0.3 is 0 Å². The average molecular weight is 407 g/mol. The topological polar surface area (TPSA) is 0 Å². The smallest absolute Gasteiger partial charge is 0.00143 e. The molecule has 6 rings (SSSR count). The minimum atomic E-state index is 1.24. The molecule has 0 amide bonds. The normalized spacial score (nSPS) is 11.1. The van der Waals surface area contributed by atoms with E-state index in [4.69, 9.17) is 0 Å². The van der Waals surface area contributed by atoms with Crippen molar-refractivity contribution in [2.75, 3.05) is 0 Å². The molecule has 0 atom stereocenters. The van der Waals surface area contributed by atoms with Gasteiger partial charge in [0.15, 0.2) is 0 Å². The zero-order chi connectivity index (χ0) is 21.3. The predicted octanol–water partition coefficient (Wildman–Crippen LogP) is 8.99. The van der Waals surface area contributed by atoms with Crippen LogP contribution >= 0.6 is 0 Å². The van der Waals surface area contributed by atoms with E-state index in [1.54, 1.807) is 0 Å². The lowest BCUT2D eigenvalue weighted by atomic mass is 9.83. The first kappa shape index (κ1) is 18.6. The van der Waals surface area contributed by atoms with E-state index < -0.39 is 0 Å². The van der Waals surface area contributed by atoms with Gasteiger partial charge in [0, 0.05) is 0 Å². The van der Waals surface area contributed by atoms with Crippen molar-refractivity contribution in [2.45, 2.75) is 0 Å². The lowest BCUT2D eigenvalue weighted by Gasteiger charge is -2.20. The van der Waals surface area contributed by atoms with Crippen LogP contribution in [-0.2, 0) is 0 Å². The summed E-state index contributed by atoms with van der Waals surface area (Å²) in [5.41, 5.74) is 7.59. The lowest BCUT2D eigenvalue weighted by Crippen LogP contribution is -1.93. The molecule has 0 spiro atoms. The van der Waals surface area contributed by atoms with Crippen LogP contribution in [0.1, 0.15) is 0 Å². The fourth-order valence-corrected chi connectivity index (χ4v) is 4.80. The van der Waals surface area contributed by atoms with Crippen molar-refractivity contribution in [3.05, 3.63) is 133 Å². The van der Waals surface area contributed by atoms with Gasteiger partial charge in [0.2, 0.25) is 0 Å². The SMILES string of the molecule is c1ccc(-c2ccc3ccccc3c2-c2c(-c3ccccc3)ccc3ccccc23)cc1. The second-order valence-electron chi connectivity index (χ2n) is 8.15. The quantitative estimate of drug-likeness (QED) is 0.275. The van der Waals surface area contributed by atoms with E-state index in [1.165, 1.54) is 54.9 Å². The van der Waals surface area contributed by atoms with Crippen LogP contribution in [0, 0.1) is 0 Å². The van der Waals surface area contributed by atoms with E-state index in [0.717, 1.165) is 0 Å². The molecule has 0 saturated carbocycles. The second kappa shape index (κ2) is 7.83. The predicted molar refractivity (Wildman–Crippen MR) is 138 cm³/mol. The minimum absolute atomic E-state index is 1.24. The van der Waals surface area contributed by atoms with Gasteiger partial charge in [-0.1, -0.05) is 133 Å². The number of benzene rings is 6. The Labute approximate surface area is 188 Å². The van der Waals surface area contributed by atoms with Gasteiger partial charge in [0.25, 0.3) is 0 Å². The maximum atomic E-state index is 2.28. The van der Waals surface area contributed by atoms with E-state index in [-0.39, 0.29) is 0 Å². The minimum Gasteiger partial charge on any atom is -0.0622 e. The number of hydrogen-bond donors (Lipinski definition) is 0. The van der Waals surface area contributed by atoms with Crippen LogP contribution in [0.3, 0.4) is 0 Å². The Balaban J connectivity index is 1.82. The lowest BCUT2D eigenvalue weighted by molar-refractivity contribution is 1.60. The molecule has 0 nitrogen and oxygen atoms in total. The fourth-order valence-electron chi connectivity index (χ4n) is 4.80. The van der Waals surface area contributed by atoms with Crippen LogP contribution in [-0.4, -0.2) is 0 Å². The van der Waals surface area contributed by atoms with Gasteiger partial charge in [-0.05, 0) is 54.9 Å². The maximum Gasteiger partial charge on any atom is -0.00143 e. The monoisotopic (exact) mass is 406 g/mol. The number of fused-ring (bicyclic) bond motifs is 2. The maximum absolute atomic E-state index is 2.28. The zero-order valence-corrected chi connectivity index (χ0v) is 17.7. The molecule has 0 aromatic heterocycles. The van der Waals surface area contributed by atoms with Crippen LogP contribution in [0.15, 0.2) is 133 Å². The van der Waals surface area contributed by atoms with E-state index in [1.807, 2.05) is 0 Å². The molecule has 0 N–H and O–H groups in total. The summed E-state index contributed by atoms with van der Waals surface area (Å²) in [5.74, 6) is 0. The molecule has 32 heavy (non-hydrogen) atoms. The molecule has 0 aliphatic heterocycles. The molecule has 0 radical (unpaired) electrons. The first-order valence-electron chi connectivity index (χ1n) is 11.0. The summed E-state index contributed by atoms with van der Waals surface area (Å²) < 4.78 is 0. The van der Waals surface area contributed by atoms with Crippen molar-refractivity contribution < 1.29 is 0 Å². The van der Waals surface area contributed by atoms with E-state index >= 15 is 0 Å². The molecule has 0 unspecified atom stereocenters. The van der Waals surface area contributed by atoms with Crippen LogP contribution in [0.4, 0.5) is 0 Å². The molecule has 0 heterocycles. The van der Waals surface area contributed by atoms with Crippen LogP contribution in [0.2, 0.25) is 0 Å². The molecule has 0 aliphatic carbocycles. The molecule has 0 bridgehead atoms. The van der Waals surface area contributed by atoms with E-state index in [9.17, 15) is 0 Å². The summed E-state index contributed by atoms with van der Waals surface area (Å²) in [6, 6.07) is 48.0. The second-order valence-corrected chi connectivity index (χ2v) is 8.15. The average Bonchev–Trinajstić information content (AvgIpc) is 2.88. The third kappa shape index (κ3) is 3.09. The molecule has 0 heteroatoms. The van der Waals surface area contributed by atoms with Gasteiger partial charge in [-0.3, -0.25) is 0 Å². The summed E-state index contributed by atoms with van der Waals surface area (Å²) in [6.07, 6.45) is 0. The van der Waals surface area contributed by atoms with Crippen LogP contribution in [0.25, 0.3) is 54.9 Å². The molecule has 6 aromatic rings. The van der Waals surface area contributed by atoms with Crippen molar-refractivity contribution >= 4 is 21.5 Å². The fraction of sp³-hybridized carbons (Fsp3) is 0. The first-order valence-corrected chi connectivity index (χ1v) is 11.0. The number of rotatable bonds is 3. The van der Waals surface area contributed by atoms with Gasteiger partial charge in [-0.15, -0.1) is 0 Å². The van der Waals surface area contributed by atoms with Gasteiger partial charge in [-0.25, -0.2) is 0 Å².